The number of halogens is 1. The number of hydrogen-bond acceptors (Lipinski definition) is 2. The van der Waals surface area contributed by atoms with Crippen LogP contribution in [-0.4, -0.2) is 11.5 Å². The third kappa shape index (κ3) is 3.86. The van der Waals surface area contributed by atoms with Crippen molar-refractivity contribution in [2.24, 2.45) is 5.92 Å². The molecule has 0 aromatic carbocycles. The zero-order valence-corrected chi connectivity index (χ0v) is 10.5. The van der Waals surface area contributed by atoms with Gasteiger partial charge in [-0.3, -0.25) is 0 Å². The van der Waals surface area contributed by atoms with Crippen LogP contribution < -0.4 is 5.32 Å². The lowest BCUT2D eigenvalue weighted by molar-refractivity contribution is 0.503. The van der Waals surface area contributed by atoms with Gasteiger partial charge in [0, 0.05) is 12.2 Å². The van der Waals surface area contributed by atoms with Gasteiger partial charge in [0.2, 0.25) is 0 Å². The van der Waals surface area contributed by atoms with Gasteiger partial charge in [0.1, 0.15) is 5.82 Å². The zero-order chi connectivity index (χ0) is 10.5. The van der Waals surface area contributed by atoms with Crippen molar-refractivity contribution in [3.8, 4) is 0 Å². The first-order valence-corrected chi connectivity index (χ1v) is 5.67. The summed E-state index contributed by atoms with van der Waals surface area (Å²) in [4.78, 5) is 4.43. The lowest BCUT2D eigenvalue weighted by Gasteiger charge is -2.18. The molecule has 1 aliphatic rings. The standard InChI is InChI=1S/C13H18N2.ClH/c1-11-6-5-9-13(15-11)14-10-12-7-3-2-4-8-12;/h2-3,5-6,9,12H,4,7-8,10H2,1H3,(H,14,15);1H. The first kappa shape index (κ1) is 13.0. The molecule has 1 aromatic heterocycles. The topological polar surface area (TPSA) is 24.9 Å². The number of hydrogen-bond donors (Lipinski definition) is 1. The van der Waals surface area contributed by atoms with Gasteiger partial charge < -0.3 is 5.32 Å². The van der Waals surface area contributed by atoms with Gasteiger partial charge in [-0.15, -0.1) is 12.4 Å². The van der Waals surface area contributed by atoms with E-state index in [9.17, 15) is 0 Å². The smallest absolute Gasteiger partial charge is 0.126 e. The molecule has 0 amide bonds. The largest absolute Gasteiger partial charge is 0.370 e. The van der Waals surface area contributed by atoms with Crippen molar-refractivity contribution in [2.45, 2.75) is 26.2 Å². The van der Waals surface area contributed by atoms with Crippen LogP contribution in [0.3, 0.4) is 0 Å². The van der Waals surface area contributed by atoms with Crippen molar-refractivity contribution >= 4 is 18.2 Å². The summed E-state index contributed by atoms with van der Waals surface area (Å²) in [5.41, 5.74) is 1.07. The molecule has 1 aromatic rings. The first-order chi connectivity index (χ1) is 7.34. The van der Waals surface area contributed by atoms with Gasteiger partial charge in [-0.25, -0.2) is 4.98 Å². The Balaban J connectivity index is 0.00000128. The van der Waals surface area contributed by atoms with E-state index in [-0.39, 0.29) is 12.4 Å². The molecule has 0 saturated heterocycles. The second-order valence-corrected chi connectivity index (χ2v) is 4.20. The van der Waals surface area contributed by atoms with Crippen molar-refractivity contribution in [3.63, 3.8) is 0 Å². The molecule has 0 radical (unpaired) electrons. The maximum Gasteiger partial charge on any atom is 0.126 e. The minimum Gasteiger partial charge on any atom is -0.370 e. The van der Waals surface area contributed by atoms with Crippen molar-refractivity contribution in [1.29, 1.82) is 0 Å². The van der Waals surface area contributed by atoms with E-state index in [1.54, 1.807) is 0 Å². The zero-order valence-electron chi connectivity index (χ0n) is 9.65. The minimum absolute atomic E-state index is 0. The van der Waals surface area contributed by atoms with Crippen LogP contribution in [0.5, 0.6) is 0 Å². The molecule has 1 aliphatic carbocycles. The Kier molecular flexibility index (Phi) is 5.33. The molecule has 16 heavy (non-hydrogen) atoms. The van der Waals surface area contributed by atoms with Gasteiger partial charge in [-0.1, -0.05) is 18.2 Å². The fourth-order valence-electron chi connectivity index (χ4n) is 1.93. The quantitative estimate of drug-likeness (QED) is 0.815. The average molecular weight is 239 g/mol. The van der Waals surface area contributed by atoms with Gasteiger partial charge in [-0.05, 0) is 44.2 Å². The lowest BCUT2D eigenvalue weighted by atomic mass is 9.94. The predicted octanol–water partition coefficient (Wildman–Crippen LogP) is 3.58. The Morgan fingerprint density at radius 2 is 2.25 bits per heavy atom. The van der Waals surface area contributed by atoms with E-state index in [1.165, 1.54) is 19.3 Å². The van der Waals surface area contributed by atoms with Gasteiger partial charge >= 0.3 is 0 Å². The van der Waals surface area contributed by atoms with E-state index in [4.69, 9.17) is 0 Å². The monoisotopic (exact) mass is 238 g/mol. The molecule has 0 spiro atoms. The number of rotatable bonds is 3. The normalized spacial score (nSPS) is 18.9. The molecule has 1 unspecified atom stereocenters. The van der Waals surface area contributed by atoms with Crippen molar-refractivity contribution in [2.75, 3.05) is 11.9 Å². The molecule has 2 nitrogen and oxygen atoms in total. The van der Waals surface area contributed by atoms with Crippen LogP contribution in [0, 0.1) is 12.8 Å². The highest BCUT2D eigenvalue weighted by Gasteiger charge is 2.09. The summed E-state index contributed by atoms with van der Waals surface area (Å²) in [6.07, 6.45) is 8.31. The summed E-state index contributed by atoms with van der Waals surface area (Å²) in [5.74, 6) is 1.78. The van der Waals surface area contributed by atoms with Gasteiger partial charge in [0.15, 0.2) is 0 Å². The molecule has 1 atom stereocenters. The SMILES string of the molecule is Cc1cccc(NCC2CC=CCC2)n1.Cl. The van der Waals surface area contributed by atoms with Crippen molar-refractivity contribution in [1.82, 2.24) is 4.98 Å². The molecular formula is C13H19ClN2. The van der Waals surface area contributed by atoms with E-state index in [1.807, 2.05) is 25.1 Å². The number of aryl methyl sites for hydroxylation is 1. The molecule has 1 heterocycles. The third-order valence-electron chi connectivity index (χ3n) is 2.84. The van der Waals surface area contributed by atoms with Crippen LogP contribution >= 0.6 is 12.4 Å². The first-order valence-electron chi connectivity index (χ1n) is 5.67. The number of nitrogens with one attached hydrogen (secondary N) is 1. The van der Waals surface area contributed by atoms with Gasteiger partial charge in [-0.2, -0.15) is 0 Å². The maximum atomic E-state index is 4.43. The van der Waals surface area contributed by atoms with Crippen LogP contribution in [0.4, 0.5) is 5.82 Å². The second kappa shape index (κ2) is 6.54. The summed E-state index contributed by atoms with van der Waals surface area (Å²) in [6, 6.07) is 6.10. The highest BCUT2D eigenvalue weighted by atomic mass is 35.5. The summed E-state index contributed by atoms with van der Waals surface area (Å²) < 4.78 is 0. The fourth-order valence-corrected chi connectivity index (χ4v) is 1.93. The molecule has 0 saturated carbocycles. The van der Waals surface area contributed by atoms with E-state index in [0.29, 0.717) is 0 Å². The average Bonchev–Trinajstić information content (AvgIpc) is 2.28. The highest BCUT2D eigenvalue weighted by Crippen LogP contribution is 2.18. The van der Waals surface area contributed by atoms with Crippen LogP contribution in [-0.2, 0) is 0 Å². The Morgan fingerprint density at radius 3 is 2.94 bits per heavy atom. The van der Waals surface area contributed by atoms with E-state index in [0.717, 1.165) is 24.0 Å². The number of allylic oxidation sites excluding steroid dienone is 2. The third-order valence-corrected chi connectivity index (χ3v) is 2.84. The second-order valence-electron chi connectivity index (χ2n) is 4.20. The predicted molar refractivity (Wildman–Crippen MR) is 71.2 cm³/mol. The van der Waals surface area contributed by atoms with Crippen LogP contribution in [0.25, 0.3) is 0 Å². The number of nitrogens with zero attached hydrogens (tertiary/aromatic N) is 1. The van der Waals surface area contributed by atoms with Crippen LogP contribution in [0.1, 0.15) is 25.0 Å². The maximum absolute atomic E-state index is 4.43. The Hall–Kier alpha value is -1.02. The van der Waals surface area contributed by atoms with Gasteiger partial charge in [0.05, 0.1) is 0 Å². The minimum atomic E-state index is 0. The summed E-state index contributed by atoms with van der Waals surface area (Å²) in [6.45, 7) is 3.06. The molecule has 0 fully saturated rings. The van der Waals surface area contributed by atoms with Crippen molar-refractivity contribution in [3.05, 3.63) is 36.0 Å². The molecule has 88 valence electrons. The highest BCUT2D eigenvalue weighted by molar-refractivity contribution is 5.85. The van der Waals surface area contributed by atoms with E-state index in [2.05, 4.69) is 22.5 Å². The Labute approximate surface area is 104 Å². The Bertz CT molecular complexity index is 350. The van der Waals surface area contributed by atoms with E-state index >= 15 is 0 Å². The fraction of sp³-hybridized carbons (Fsp3) is 0.462. The molecule has 1 N–H and O–H groups in total. The Morgan fingerprint density at radius 1 is 1.38 bits per heavy atom. The van der Waals surface area contributed by atoms with Crippen LogP contribution in [0.15, 0.2) is 30.4 Å². The van der Waals surface area contributed by atoms with Crippen LogP contribution in [0.2, 0.25) is 0 Å². The molecular weight excluding hydrogens is 220 g/mol. The number of aromatic nitrogens is 1. The van der Waals surface area contributed by atoms with Crippen molar-refractivity contribution < 1.29 is 0 Å². The van der Waals surface area contributed by atoms with E-state index < -0.39 is 0 Å². The number of pyridine rings is 1. The molecule has 0 aliphatic heterocycles. The lowest BCUT2D eigenvalue weighted by Crippen LogP contribution is -2.15. The number of anilines is 1. The summed E-state index contributed by atoms with van der Waals surface area (Å²) in [7, 11) is 0. The summed E-state index contributed by atoms with van der Waals surface area (Å²) in [5, 5.41) is 3.41. The van der Waals surface area contributed by atoms with Gasteiger partial charge in [0.25, 0.3) is 0 Å². The molecule has 0 bridgehead atoms. The molecule has 2 rings (SSSR count). The summed E-state index contributed by atoms with van der Waals surface area (Å²) >= 11 is 0. The molecule has 3 heteroatoms.